The highest BCUT2D eigenvalue weighted by atomic mass is 32.2. The van der Waals surface area contributed by atoms with Gasteiger partial charge in [-0.3, -0.25) is 0 Å². The van der Waals surface area contributed by atoms with Crippen molar-refractivity contribution in [2.45, 2.75) is 51.2 Å². The predicted octanol–water partition coefficient (Wildman–Crippen LogP) is 6.04. The van der Waals surface area contributed by atoms with Gasteiger partial charge in [-0.15, -0.1) is 0 Å². The third-order valence-electron chi connectivity index (χ3n) is 4.67. The Morgan fingerprint density at radius 2 is 1.58 bits per heavy atom. The van der Waals surface area contributed by atoms with Gasteiger partial charge in [0.15, 0.2) is 0 Å². The summed E-state index contributed by atoms with van der Waals surface area (Å²) >= 11 is 1.77. The van der Waals surface area contributed by atoms with Crippen LogP contribution in [-0.2, 0) is 16.6 Å². The van der Waals surface area contributed by atoms with Crippen molar-refractivity contribution in [1.29, 1.82) is 5.26 Å². The molecule has 0 spiro atoms. The zero-order valence-electron chi connectivity index (χ0n) is 15.6. The molecule has 0 unspecified atom stereocenters. The second kappa shape index (κ2) is 7.03. The molecule has 2 aromatic carbocycles. The lowest BCUT2D eigenvalue weighted by atomic mass is 9.73. The first-order valence-corrected chi connectivity index (χ1v) is 9.73. The van der Waals surface area contributed by atoms with Gasteiger partial charge in [0.1, 0.15) is 0 Å². The molecule has 0 saturated heterocycles. The van der Waals surface area contributed by atoms with Crippen molar-refractivity contribution < 1.29 is 0 Å². The van der Waals surface area contributed by atoms with E-state index in [1.807, 2.05) is 6.07 Å². The van der Waals surface area contributed by atoms with Gasteiger partial charge in [0.05, 0.1) is 11.6 Å². The molecule has 0 bridgehead atoms. The molecule has 0 N–H and O–H groups in total. The van der Waals surface area contributed by atoms with Crippen molar-refractivity contribution in [2.75, 3.05) is 6.26 Å². The van der Waals surface area contributed by atoms with Crippen LogP contribution in [0, 0.1) is 11.3 Å². The SMILES string of the molecule is CSCc1cc(C(C)(C)C)cc(C(C)(C)c2ccccc2)c1C#N. The molecule has 0 radical (unpaired) electrons. The van der Waals surface area contributed by atoms with Crippen LogP contribution in [0.3, 0.4) is 0 Å². The molecule has 0 fully saturated rings. The molecule has 0 aliphatic heterocycles. The maximum absolute atomic E-state index is 9.87. The summed E-state index contributed by atoms with van der Waals surface area (Å²) in [6, 6.07) is 17.4. The predicted molar refractivity (Wildman–Crippen MR) is 106 cm³/mol. The first-order valence-electron chi connectivity index (χ1n) is 8.34. The van der Waals surface area contributed by atoms with Gasteiger partial charge >= 0.3 is 0 Å². The molecule has 2 aromatic rings. The van der Waals surface area contributed by atoms with Gasteiger partial charge < -0.3 is 0 Å². The van der Waals surface area contributed by atoms with Gasteiger partial charge in [0.25, 0.3) is 0 Å². The Labute approximate surface area is 151 Å². The lowest BCUT2D eigenvalue weighted by Crippen LogP contribution is -2.23. The minimum atomic E-state index is -0.208. The normalized spacial score (nSPS) is 12.0. The maximum atomic E-state index is 9.87. The number of hydrogen-bond donors (Lipinski definition) is 0. The third kappa shape index (κ3) is 3.68. The molecule has 0 saturated carbocycles. The number of thioether (sulfide) groups is 1. The van der Waals surface area contributed by atoms with Crippen LogP contribution in [0.5, 0.6) is 0 Å². The molecule has 126 valence electrons. The fraction of sp³-hybridized carbons (Fsp3) is 0.409. The van der Waals surface area contributed by atoms with Gasteiger partial charge in [-0.1, -0.05) is 77.1 Å². The molecule has 2 heteroatoms. The van der Waals surface area contributed by atoms with E-state index in [1.54, 1.807) is 11.8 Å². The molecular weight excluding hydrogens is 310 g/mol. The standard InChI is InChI=1S/C22H27NS/c1-21(2,3)18-12-16(15-24-6)19(14-23)20(13-18)22(4,5)17-10-8-7-9-11-17/h7-13H,15H2,1-6H3. The number of benzene rings is 2. The number of rotatable bonds is 4. The summed E-state index contributed by atoms with van der Waals surface area (Å²) in [6.45, 7) is 11.1. The zero-order valence-corrected chi connectivity index (χ0v) is 16.4. The fourth-order valence-corrected chi connectivity index (χ4v) is 3.58. The van der Waals surface area contributed by atoms with Gasteiger partial charge in [-0.05, 0) is 33.9 Å². The molecule has 2 rings (SSSR count). The Morgan fingerprint density at radius 3 is 2.08 bits per heavy atom. The van der Waals surface area contributed by atoms with E-state index in [1.165, 1.54) is 11.1 Å². The van der Waals surface area contributed by atoms with E-state index in [2.05, 4.69) is 83.3 Å². The monoisotopic (exact) mass is 337 g/mol. The van der Waals surface area contributed by atoms with Gasteiger partial charge in [-0.2, -0.15) is 17.0 Å². The average Bonchev–Trinajstić information content (AvgIpc) is 2.54. The van der Waals surface area contributed by atoms with Gasteiger partial charge in [0, 0.05) is 11.2 Å². The van der Waals surface area contributed by atoms with Crippen LogP contribution in [0.25, 0.3) is 0 Å². The molecule has 24 heavy (non-hydrogen) atoms. The summed E-state index contributed by atoms with van der Waals surface area (Å²) in [5.74, 6) is 0.866. The first-order chi connectivity index (χ1) is 11.2. The van der Waals surface area contributed by atoms with Crippen LogP contribution in [-0.4, -0.2) is 6.26 Å². The van der Waals surface area contributed by atoms with Gasteiger partial charge in [-0.25, -0.2) is 0 Å². The zero-order chi connectivity index (χ0) is 18.0. The highest BCUT2D eigenvalue weighted by Crippen LogP contribution is 2.38. The minimum absolute atomic E-state index is 0.0582. The fourth-order valence-electron chi connectivity index (χ4n) is 3.04. The molecule has 0 atom stereocenters. The van der Waals surface area contributed by atoms with Crippen LogP contribution in [0.15, 0.2) is 42.5 Å². The molecular formula is C22H27NS. The summed E-state index contributed by atoms with van der Waals surface area (Å²) in [7, 11) is 0. The molecule has 0 amide bonds. The van der Waals surface area contributed by atoms with E-state index >= 15 is 0 Å². The smallest absolute Gasteiger partial charge is 0.0998 e. The quantitative estimate of drug-likeness (QED) is 0.678. The number of hydrogen-bond acceptors (Lipinski definition) is 2. The van der Waals surface area contributed by atoms with E-state index in [0.717, 1.165) is 22.4 Å². The first kappa shape index (κ1) is 18.6. The summed E-state index contributed by atoms with van der Waals surface area (Å²) in [6.07, 6.45) is 2.09. The largest absolute Gasteiger partial charge is 0.192 e. The third-order valence-corrected chi connectivity index (χ3v) is 5.27. The second-order valence-corrected chi connectivity index (χ2v) is 8.71. The van der Waals surface area contributed by atoms with Crippen molar-refractivity contribution in [3.63, 3.8) is 0 Å². The summed E-state index contributed by atoms with van der Waals surface area (Å²) in [4.78, 5) is 0. The Balaban J connectivity index is 2.76. The highest BCUT2D eigenvalue weighted by molar-refractivity contribution is 7.97. The van der Waals surface area contributed by atoms with Crippen molar-refractivity contribution in [2.24, 2.45) is 0 Å². The van der Waals surface area contributed by atoms with Crippen LogP contribution in [0.2, 0.25) is 0 Å². The molecule has 0 aliphatic carbocycles. The highest BCUT2D eigenvalue weighted by Gasteiger charge is 2.29. The topological polar surface area (TPSA) is 23.8 Å². The van der Waals surface area contributed by atoms with Crippen LogP contribution in [0.1, 0.15) is 62.4 Å². The van der Waals surface area contributed by atoms with E-state index in [9.17, 15) is 5.26 Å². The molecule has 0 aromatic heterocycles. The van der Waals surface area contributed by atoms with Crippen molar-refractivity contribution in [3.8, 4) is 6.07 Å². The van der Waals surface area contributed by atoms with E-state index in [0.29, 0.717) is 0 Å². The minimum Gasteiger partial charge on any atom is -0.192 e. The van der Waals surface area contributed by atoms with E-state index in [4.69, 9.17) is 0 Å². The second-order valence-electron chi connectivity index (χ2n) is 7.84. The number of nitrogens with zero attached hydrogens (tertiary/aromatic N) is 1. The van der Waals surface area contributed by atoms with Crippen LogP contribution < -0.4 is 0 Å². The lowest BCUT2D eigenvalue weighted by Gasteiger charge is -2.31. The molecule has 1 nitrogen and oxygen atoms in total. The summed E-state index contributed by atoms with van der Waals surface area (Å²) in [5, 5.41) is 9.87. The van der Waals surface area contributed by atoms with E-state index in [-0.39, 0.29) is 10.8 Å². The lowest BCUT2D eigenvalue weighted by molar-refractivity contribution is 0.580. The van der Waals surface area contributed by atoms with Crippen LogP contribution >= 0.6 is 11.8 Å². The summed E-state index contributed by atoms with van der Waals surface area (Å²) in [5.41, 5.74) is 5.51. The molecule has 0 aliphatic rings. The van der Waals surface area contributed by atoms with E-state index < -0.39 is 0 Å². The Kier molecular flexibility index (Phi) is 5.45. The Hall–Kier alpha value is -1.72. The Morgan fingerprint density at radius 1 is 0.958 bits per heavy atom. The van der Waals surface area contributed by atoms with Crippen molar-refractivity contribution in [1.82, 2.24) is 0 Å². The van der Waals surface area contributed by atoms with Gasteiger partial charge in [0.2, 0.25) is 0 Å². The number of nitriles is 1. The molecule has 0 heterocycles. The summed E-state index contributed by atoms with van der Waals surface area (Å²) < 4.78 is 0. The van der Waals surface area contributed by atoms with Crippen LogP contribution in [0.4, 0.5) is 0 Å². The average molecular weight is 338 g/mol. The Bertz CT molecular complexity index is 746. The van der Waals surface area contributed by atoms with Crippen molar-refractivity contribution in [3.05, 3.63) is 70.3 Å². The maximum Gasteiger partial charge on any atom is 0.0998 e. The van der Waals surface area contributed by atoms with Crippen molar-refractivity contribution >= 4 is 11.8 Å².